The van der Waals surface area contributed by atoms with Crippen molar-refractivity contribution in [2.24, 2.45) is 0 Å². The maximum Gasteiger partial charge on any atom is 0.176 e. The number of nitrogens with two attached hydrogens (primary N) is 1. The minimum absolute atomic E-state index is 0.0794. The zero-order valence-corrected chi connectivity index (χ0v) is 6.45. The van der Waals surface area contributed by atoms with Crippen molar-refractivity contribution in [2.45, 2.75) is 6.42 Å². The summed E-state index contributed by atoms with van der Waals surface area (Å²) in [7, 11) is 0. The molecule has 0 aliphatic heterocycles. The summed E-state index contributed by atoms with van der Waals surface area (Å²) >= 11 is 0. The fourth-order valence-corrected chi connectivity index (χ4v) is 0.843. The maximum absolute atomic E-state index is 11.1. The van der Waals surface area contributed by atoms with Crippen molar-refractivity contribution in [3.63, 3.8) is 0 Å². The van der Waals surface area contributed by atoms with Gasteiger partial charge in [0, 0.05) is 11.3 Å². The quantitative estimate of drug-likeness (QED) is 0.524. The number of nitrogen functional groups attached to an aromatic ring is 1. The first-order chi connectivity index (χ1) is 5.74. The Balaban J connectivity index is 2.84. The molecule has 0 saturated carbocycles. The highest BCUT2D eigenvalue weighted by Gasteiger charge is 2.02. The summed E-state index contributed by atoms with van der Waals surface area (Å²) in [5.41, 5.74) is 6.57. The van der Waals surface area contributed by atoms with E-state index >= 15 is 0 Å². The van der Waals surface area contributed by atoms with E-state index in [0.717, 1.165) is 0 Å². The van der Waals surface area contributed by atoms with Crippen molar-refractivity contribution >= 4 is 11.5 Å². The lowest BCUT2D eigenvalue weighted by Crippen LogP contribution is -1.97. The molecule has 0 aliphatic carbocycles. The lowest BCUT2D eigenvalue weighted by atomic mass is 10.1. The first-order valence-electron chi connectivity index (χ1n) is 3.49. The summed E-state index contributed by atoms with van der Waals surface area (Å²) in [5.74, 6) is -0.169. The molecule has 3 nitrogen and oxygen atoms in total. The van der Waals surface area contributed by atoms with E-state index in [-0.39, 0.29) is 12.2 Å². The minimum atomic E-state index is -0.169. The number of nitrogens with zero attached hydrogens (tertiary/aromatic N) is 1. The normalized spacial score (nSPS) is 8.92. The van der Waals surface area contributed by atoms with E-state index in [0.29, 0.717) is 11.3 Å². The Bertz CT molecular complexity index is 321. The number of Topliss-reactive ketones (excluding diaryl/α,β-unsaturated/α-hetero) is 1. The van der Waals surface area contributed by atoms with Crippen LogP contribution in [-0.4, -0.2) is 5.78 Å². The van der Waals surface area contributed by atoms with Crippen LogP contribution < -0.4 is 5.73 Å². The van der Waals surface area contributed by atoms with Crippen LogP contribution in [0.4, 0.5) is 5.69 Å². The van der Waals surface area contributed by atoms with E-state index in [2.05, 4.69) is 0 Å². The summed E-state index contributed by atoms with van der Waals surface area (Å²) < 4.78 is 0. The summed E-state index contributed by atoms with van der Waals surface area (Å²) in [6.07, 6.45) is -0.0794. The second kappa shape index (κ2) is 3.54. The lowest BCUT2D eigenvalue weighted by Gasteiger charge is -1.96. The number of hydrogen-bond donors (Lipinski definition) is 1. The molecule has 1 aromatic carbocycles. The van der Waals surface area contributed by atoms with Gasteiger partial charge in [-0.05, 0) is 24.3 Å². The summed E-state index contributed by atoms with van der Waals surface area (Å²) in [6.45, 7) is 0. The van der Waals surface area contributed by atoms with Gasteiger partial charge in [0.1, 0.15) is 0 Å². The number of benzene rings is 1. The molecule has 0 saturated heterocycles. The van der Waals surface area contributed by atoms with E-state index in [4.69, 9.17) is 11.0 Å². The molecule has 0 unspecified atom stereocenters. The molecule has 0 bridgehead atoms. The molecule has 0 aliphatic rings. The Hall–Kier alpha value is -1.82. The Morgan fingerprint density at radius 1 is 1.42 bits per heavy atom. The molecule has 60 valence electrons. The summed E-state index contributed by atoms with van der Waals surface area (Å²) in [5, 5.41) is 8.26. The average molecular weight is 160 g/mol. The molecule has 3 heteroatoms. The Morgan fingerprint density at radius 2 is 2.00 bits per heavy atom. The van der Waals surface area contributed by atoms with E-state index in [9.17, 15) is 4.79 Å². The molecule has 0 radical (unpaired) electrons. The third-order valence-corrected chi connectivity index (χ3v) is 1.47. The SMILES string of the molecule is N#CCC(=O)c1ccc(N)cc1. The first-order valence-corrected chi connectivity index (χ1v) is 3.49. The standard InChI is InChI=1S/C9H8N2O/c10-6-5-9(12)7-1-3-8(11)4-2-7/h1-4H,5,11H2. The average Bonchev–Trinajstić information content (AvgIpc) is 2.06. The second-order valence-electron chi connectivity index (χ2n) is 2.38. The number of rotatable bonds is 2. The summed E-state index contributed by atoms with van der Waals surface area (Å²) in [4.78, 5) is 11.1. The molecule has 1 rings (SSSR count). The van der Waals surface area contributed by atoms with Crippen molar-refractivity contribution in [1.82, 2.24) is 0 Å². The largest absolute Gasteiger partial charge is 0.399 e. The number of anilines is 1. The Morgan fingerprint density at radius 3 is 2.50 bits per heavy atom. The predicted molar refractivity (Wildman–Crippen MR) is 45.4 cm³/mol. The molecular formula is C9H8N2O. The zero-order chi connectivity index (χ0) is 8.97. The molecule has 0 fully saturated rings. The van der Waals surface area contributed by atoms with Crippen LogP contribution in [0.3, 0.4) is 0 Å². The third-order valence-electron chi connectivity index (χ3n) is 1.47. The smallest absolute Gasteiger partial charge is 0.176 e. The van der Waals surface area contributed by atoms with Gasteiger partial charge >= 0.3 is 0 Å². The van der Waals surface area contributed by atoms with Crippen molar-refractivity contribution in [3.8, 4) is 6.07 Å². The van der Waals surface area contributed by atoms with Crippen LogP contribution in [0.15, 0.2) is 24.3 Å². The second-order valence-corrected chi connectivity index (χ2v) is 2.38. The van der Waals surface area contributed by atoms with Gasteiger partial charge in [-0.2, -0.15) is 5.26 Å². The Kier molecular flexibility index (Phi) is 2.44. The molecular weight excluding hydrogens is 152 g/mol. The number of hydrogen-bond acceptors (Lipinski definition) is 3. The maximum atomic E-state index is 11.1. The monoisotopic (exact) mass is 160 g/mol. The van der Waals surface area contributed by atoms with Gasteiger partial charge in [-0.3, -0.25) is 4.79 Å². The highest BCUT2D eigenvalue weighted by atomic mass is 16.1. The van der Waals surface area contributed by atoms with Crippen molar-refractivity contribution in [2.75, 3.05) is 5.73 Å². The van der Waals surface area contributed by atoms with Crippen molar-refractivity contribution < 1.29 is 4.79 Å². The fourth-order valence-electron chi connectivity index (χ4n) is 0.843. The van der Waals surface area contributed by atoms with Crippen LogP contribution in [0.2, 0.25) is 0 Å². The third kappa shape index (κ3) is 1.83. The minimum Gasteiger partial charge on any atom is -0.399 e. The number of carbonyl (C=O) groups excluding carboxylic acids is 1. The van der Waals surface area contributed by atoms with Gasteiger partial charge in [-0.1, -0.05) is 0 Å². The molecule has 0 aromatic heterocycles. The highest BCUT2D eigenvalue weighted by molar-refractivity contribution is 5.97. The summed E-state index contributed by atoms with van der Waals surface area (Å²) in [6, 6.07) is 8.33. The number of carbonyl (C=O) groups is 1. The number of ketones is 1. The van der Waals surface area contributed by atoms with Gasteiger partial charge in [0.05, 0.1) is 12.5 Å². The Labute approximate surface area is 70.4 Å². The van der Waals surface area contributed by atoms with E-state index in [1.165, 1.54) is 0 Å². The fraction of sp³-hybridized carbons (Fsp3) is 0.111. The predicted octanol–water partition coefficient (Wildman–Crippen LogP) is 1.37. The van der Waals surface area contributed by atoms with Gasteiger partial charge in [-0.15, -0.1) is 0 Å². The zero-order valence-electron chi connectivity index (χ0n) is 6.45. The van der Waals surface area contributed by atoms with Crippen LogP contribution >= 0.6 is 0 Å². The van der Waals surface area contributed by atoms with Crippen LogP contribution in [0, 0.1) is 11.3 Å². The molecule has 1 aromatic rings. The van der Waals surface area contributed by atoms with Crippen molar-refractivity contribution in [3.05, 3.63) is 29.8 Å². The van der Waals surface area contributed by atoms with Gasteiger partial charge in [-0.25, -0.2) is 0 Å². The first kappa shape index (κ1) is 8.28. The van der Waals surface area contributed by atoms with Crippen LogP contribution in [0.5, 0.6) is 0 Å². The van der Waals surface area contributed by atoms with Crippen LogP contribution in [-0.2, 0) is 0 Å². The molecule has 2 N–H and O–H groups in total. The topological polar surface area (TPSA) is 66.9 Å². The molecule has 0 atom stereocenters. The molecule has 0 heterocycles. The van der Waals surface area contributed by atoms with Crippen LogP contribution in [0.1, 0.15) is 16.8 Å². The lowest BCUT2D eigenvalue weighted by molar-refractivity contribution is 0.0998. The van der Waals surface area contributed by atoms with E-state index < -0.39 is 0 Å². The van der Waals surface area contributed by atoms with Gasteiger partial charge in [0.2, 0.25) is 0 Å². The van der Waals surface area contributed by atoms with Gasteiger partial charge in [0.25, 0.3) is 0 Å². The van der Waals surface area contributed by atoms with E-state index in [1.54, 1.807) is 30.3 Å². The van der Waals surface area contributed by atoms with Gasteiger partial charge in [0.15, 0.2) is 5.78 Å². The van der Waals surface area contributed by atoms with Gasteiger partial charge < -0.3 is 5.73 Å². The van der Waals surface area contributed by atoms with Crippen LogP contribution in [0.25, 0.3) is 0 Å². The highest BCUT2D eigenvalue weighted by Crippen LogP contribution is 2.07. The van der Waals surface area contributed by atoms with Crippen molar-refractivity contribution in [1.29, 1.82) is 5.26 Å². The number of nitriles is 1. The van der Waals surface area contributed by atoms with E-state index in [1.807, 2.05) is 0 Å². The molecule has 12 heavy (non-hydrogen) atoms. The molecule has 0 spiro atoms. The molecule has 0 amide bonds.